The van der Waals surface area contributed by atoms with Crippen molar-refractivity contribution in [2.24, 2.45) is 9.98 Å². The molecular weight excluding hydrogens is 448 g/mol. The van der Waals surface area contributed by atoms with Crippen molar-refractivity contribution in [3.63, 3.8) is 0 Å². The van der Waals surface area contributed by atoms with E-state index in [1.165, 1.54) is 11.8 Å². The van der Waals surface area contributed by atoms with Gasteiger partial charge in [0, 0.05) is 60.6 Å². The van der Waals surface area contributed by atoms with Crippen LogP contribution in [0.2, 0.25) is 0 Å². The van der Waals surface area contributed by atoms with Crippen molar-refractivity contribution in [2.75, 3.05) is 55.4 Å². The number of anilines is 3. The molecule has 0 spiro atoms. The molecule has 1 amide bonds. The molecule has 36 heavy (non-hydrogen) atoms. The number of carbonyl (C=O) groups is 1. The molecule has 2 N–H and O–H groups in total. The van der Waals surface area contributed by atoms with Crippen LogP contribution in [0.15, 0.2) is 101 Å². The third-order valence-corrected chi connectivity index (χ3v) is 6.18. The maximum absolute atomic E-state index is 11.8. The van der Waals surface area contributed by atoms with Crippen molar-refractivity contribution in [1.29, 1.82) is 0 Å². The number of hydrogen-bond donors (Lipinski definition) is 2. The molecule has 1 aliphatic heterocycles. The van der Waals surface area contributed by atoms with Crippen molar-refractivity contribution in [1.82, 2.24) is 4.90 Å². The molecular formula is C29H32N6O. The van der Waals surface area contributed by atoms with Crippen LogP contribution < -0.4 is 15.5 Å². The van der Waals surface area contributed by atoms with E-state index in [9.17, 15) is 4.79 Å². The van der Waals surface area contributed by atoms with E-state index in [-0.39, 0.29) is 5.91 Å². The number of rotatable bonds is 8. The second-order valence-electron chi connectivity index (χ2n) is 8.66. The molecule has 1 saturated heterocycles. The lowest BCUT2D eigenvalue weighted by Gasteiger charge is -2.34. The Bertz CT molecular complexity index is 1230. The number of amides is 1. The van der Waals surface area contributed by atoms with Crippen LogP contribution in [0.1, 0.15) is 5.56 Å². The first kappa shape index (κ1) is 24.9. The highest BCUT2D eigenvalue weighted by Gasteiger charge is 2.17. The molecule has 1 aliphatic carbocycles. The average Bonchev–Trinajstić information content (AvgIpc) is 2.90. The number of aliphatic imine (C=N–C) groups is 2. The third-order valence-electron chi connectivity index (χ3n) is 6.18. The van der Waals surface area contributed by atoms with Gasteiger partial charge in [-0.15, -0.1) is 0 Å². The molecule has 2 aliphatic rings. The summed E-state index contributed by atoms with van der Waals surface area (Å²) >= 11 is 0. The number of likely N-dealkylation sites (N-methyl/N-ethyl adjacent to an activating group) is 1. The van der Waals surface area contributed by atoms with Crippen LogP contribution >= 0.6 is 0 Å². The lowest BCUT2D eigenvalue weighted by Crippen LogP contribution is -2.44. The van der Waals surface area contributed by atoms with Gasteiger partial charge in [0.1, 0.15) is 6.67 Å². The van der Waals surface area contributed by atoms with Crippen LogP contribution in [0.5, 0.6) is 0 Å². The molecule has 0 aromatic heterocycles. The Morgan fingerprint density at radius 1 is 1.08 bits per heavy atom. The standard InChI is InChI=1S/C29H32N6O/c1-4-28(36)33-25-9-5-7-22(19-25)27-10-6-8-23(20-30-2)29(27)32-21-31-24-11-13-26(14-12-24)35-17-15-34(3)16-18-35/h4-14,19-20,31H,1-2,15-18,21H2,3H3,(H,33,36)/b23-20-,32-29+. The first-order valence-corrected chi connectivity index (χ1v) is 12.0. The fourth-order valence-electron chi connectivity index (χ4n) is 4.20. The maximum Gasteiger partial charge on any atom is 0.247 e. The van der Waals surface area contributed by atoms with E-state index in [1.54, 1.807) is 6.20 Å². The molecule has 1 heterocycles. The molecule has 2 aromatic rings. The Labute approximate surface area is 212 Å². The predicted molar refractivity (Wildman–Crippen MR) is 152 cm³/mol. The van der Waals surface area contributed by atoms with E-state index in [2.05, 4.69) is 70.0 Å². The Morgan fingerprint density at radius 2 is 1.86 bits per heavy atom. The second-order valence-corrected chi connectivity index (χ2v) is 8.66. The largest absolute Gasteiger partial charge is 0.369 e. The Morgan fingerprint density at radius 3 is 2.58 bits per heavy atom. The summed E-state index contributed by atoms with van der Waals surface area (Å²) in [5, 5.41) is 6.22. The molecule has 1 fully saturated rings. The molecule has 184 valence electrons. The second kappa shape index (κ2) is 12.0. The summed E-state index contributed by atoms with van der Waals surface area (Å²) in [6.45, 7) is 11.8. The van der Waals surface area contributed by atoms with Crippen molar-refractivity contribution in [3.8, 4) is 0 Å². The third kappa shape index (κ3) is 6.25. The molecule has 0 atom stereocenters. The first-order valence-electron chi connectivity index (χ1n) is 12.0. The monoisotopic (exact) mass is 480 g/mol. The van der Waals surface area contributed by atoms with Gasteiger partial charge in [-0.25, -0.2) is 0 Å². The fourth-order valence-corrected chi connectivity index (χ4v) is 4.20. The van der Waals surface area contributed by atoms with Gasteiger partial charge in [-0.2, -0.15) is 0 Å². The number of allylic oxidation sites excluding steroid dienone is 5. The average molecular weight is 481 g/mol. The molecule has 0 radical (unpaired) electrons. The SMILES string of the molecule is C=CC(=O)Nc1cccc(C2=CC=CC(=C/N=C)/C2=N\CNc2ccc(N3CCN(C)CC3)cc2)c1. The highest BCUT2D eigenvalue weighted by molar-refractivity contribution is 6.34. The van der Waals surface area contributed by atoms with E-state index >= 15 is 0 Å². The normalized spacial score (nSPS) is 18.1. The van der Waals surface area contributed by atoms with Gasteiger partial charge in [0.05, 0.1) is 5.71 Å². The molecule has 4 rings (SSSR count). The molecule has 2 aromatic carbocycles. The van der Waals surface area contributed by atoms with Gasteiger partial charge in [0.25, 0.3) is 0 Å². The lowest BCUT2D eigenvalue weighted by atomic mass is 9.92. The Balaban J connectivity index is 1.49. The van der Waals surface area contributed by atoms with Gasteiger partial charge >= 0.3 is 0 Å². The summed E-state index contributed by atoms with van der Waals surface area (Å²) in [4.78, 5) is 25.4. The van der Waals surface area contributed by atoms with Crippen LogP contribution in [0, 0.1) is 0 Å². The zero-order valence-electron chi connectivity index (χ0n) is 20.7. The summed E-state index contributed by atoms with van der Waals surface area (Å²) in [7, 11) is 2.16. The van der Waals surface area contributed by atoms with E-state index in [1.807, 2.05) is 42.5 Å². The van der Waals surface area contributed by atoms with E-state index < -0.39 is 0 Å². The van der Waals surface area contributed by atoms with Gasteiger partial charge in [0.2, 0.25) is 5.91 Å². The highest BCUT2D eigenvalue weighted by atomic mass is 16.1. The van der Waals surface area contributed by atoms with Gasteiger partial charge in [0.15, 0.2) is 0 Å². The van der Waals surface area contributed by atoms with Crippen LogP contribution in [0.3, 0.4) is 0 Å². The summed E-state index contributed by atoms with van der Waals surface area (Å²) in [5.74, 6) is -0.252. The summed E-state index contributed by atoms with van der Waals surface area (Å²) < 4.78 is 0. The van der Waals surface area contributed by atoms with E-state index in [4.69, 9.17) is 4.99 Å². The maximum atomic E-state index is 11.8. The number of benzene rings is 2. The smallest absolute Gasteiger partial charge is 0.247 e. The quantitative estimate of drug-likeness (QED) is 0.428. The molecule has 0 saturated carbocycles. The molecule has 0 bridgehead atoms. The zero-order chi connectivity index (χ0) is 25.3. The van der Waals surface area contributed by atoms with Crippen LogP contribution in [0.25, 0.3) is 5.57 Å². The number of carbonyl (C=O) groups excluding carboxylic acids is 1. The summed E-state index contributed by atoms with van der Waals surface area (Å²) in [6.07, 6.45) is 8.90. The number of piperazine rings is 1. The van der Waals surface area contributed by atoms with Gasteiger partial charge in [-0.3, -0.25) is 14.8 Å². The summed E-state index contributed by atoms with van der Waals surface area (Å²) in [6, 6.07) is 16.2. The van der Waals surface area contributed by atoms with Gasteiger partial charge in [-0.1, -0.05) is 36.9 Å². The highest BCUT2D eigenvalue weighted by Crippen LogP contribution is 2.27. The van der Waals surface area contributed by atoms with Crippen LogP contribution in [-0.4, -0.2) is 63.1 Å². The molecule has 0 unspecified atom stereocenters. The summed E-state index contributed by atoms with van der Waals surface area (Å²) in [5.41, 5.74) is 6.50. The zero-order valence-corrected chi connectivity index (χ0v) is 20.7. The van der Waals surface area contributed by atoms with Crippen LogP contribution in [-0.2, 0) is 4.79 Å². The number of nitrogens with zero attached hydrogens (tertiary/aromatic N) is 4. The van der Waals surface area contributed by atoms with Crippen molar-refractivity contribution in [3.05, 3.63) is 96.8 Å². The Kier molecular flexibility index (Phi) is 8.26. The Hall–Kier alpha value is -4.23. The fraction of sp³-hybridized carbons (Fsp3) is 0.207. The van der Waals surface area contributed by atoms with Crippen LogP contribution in [0.4, 0.5) is 17.1 Å². The molecule has 7 nitrogen and oxygen atoms in total. The number of nitrogens with one attached hydrogen (secondary N) is 2. The van der Waals surface area contributed by atoms with E-state index in [0.29, 0.717) is 12.4 Å². The minimum absolute atomic E-state index is 0.252. The predicted octanol–water partition coefficient (Wildman–Crippen LogP) is 4.61. The van der Waals surface area contributed by atoms with Crippen molar-refractivity contribution < 1.29 is 4.79 Å². The lowest BCUT2D eigenvalue weighted by molar-refractivity contribution is -0.111. The molecule has 7 heteroatoms. The minimum Gasteiger partial charge on any atom is -0.369 e. The minimum atomic E-state index is -0.252. The van der Waals surface area contributed by atoms with Crippen molar-refractivity contribution in [2.45, 2.75) is 0 Å². The number of hydrogen-bond acceptors (Lipinski definition) is 6. The first-order chi connectivity index (χ1) is 17.6. The van der Waals surface area contributed by atoms with Gasteiger partial charge < -0.3 is 20.4 Å². The van der Waals surface area contributed by atoms with Crippen molar-refractivity contribution >= 4 is 41.0 Å². The van der Waals surface area contributed by atoms with E-state index in [0.717, 1.165) is 54.3 Å². The topological polar surface area (TPSA) is 72.3 Å². The van der Waals surface area contributed by atoms with Gasteiger partial charge in [-0.05, 0) is 61.8 Å².